The Labute approximate surface area is 79.1 Å². The van der Waals surface area contributed by atoms with Crippen molar-refractivity contribution in [1.82, 2.24) is 0 Å². The molecule has 0 aliphatic carbocycles. The molecule has 0 nitrogen and oxygen atoms in total. The summed E-state index contributed by atoms with van der Waals surface area (Å²) in [6.07, 6.45) is 0. The van der Waals surface area contributed by atoms with E-state index in [9.17, 15) is 0 Å². The monoisotopic (exact) mass is 258 g/mol. The van der Waals surface area contributed by atoms with Gasteiger partial charge in [0.15, 0.2) is 0 Å². The molecule has 2 aromatic carbocycles. The summed E-state index contributed by atoms with van der Waals surface area (Å²) in [4.78, 5) is 0. The second kappa shape index (κ2) is 2.85. The Morgan fingerprint density at radius 1 is 0.818 bits per heavy atom. The van der Waals surface area contributed by atoms with Crippen molar-refractivity contribution in [2.24, 2.45) is 0 Å². The summed E-state index contributed by atoms with van der Waals surface area (Å²) in [5.74, 6) is 0. The van der Waals surface area contributed by atoms with Crippen molar-refractivity contribution in [3.05, 3.63) is 42.5 Å². The van der Waals surface area contributed by atoms with Crippen molar-refractivity contribution < 1.29 is 0 Å². The van der Waals surface area contributed by atoms with Gasteiger partial charge < -0.3 is 0 Å². The molecule has 0 saturated heterocycles. The van der Waals surface area contributed by atoms with Gasteiger partial charge in [0, 0.05) is 0 Å². The van der Waals surface area contributed by atoms with Crippen LogP contribution in [0, 0.1) is 0 Å². The Morgan fingerprint density at radius 2 is 1.55 bits per heavy atom. The van der Waals surface area contributed by atoms with Crippen molar-refractivity contribution in [3.63, 3.8) is 0 Å². The van der Waals surface area contributed by atoms with Crippen molar-refractivity contribution in [1.29, 1.82) is 0 Å². The van der Waals surface area contributed by atoms with E-state index in [1.165, 1.54) is 14.4 Å². The Hall–Kier alpha value is -0.510. The van der Waals surface area contributed by atoms with Gasteiger partial charge in [0.1, 0.15) is 0 Å². The predicted octanol–water partition coefficient (Wildman–Crippen LogP) is 1.37. The first-order valence-electron chi connectivity index (χ1n) is 3.54. The van der Waals surface area contributed by atoms with E-state index in [2.05, 4.69) is 42.5 Å². The van der Waals surface area contributed by atoms with Crippen LogP contribution in [0.25, 0.3) is 10.8 Å². The van der Waals surface area contributed by atoms with E-state index in [1.807, 2.05) is 0 Å². The number of hydrogen-bond donors (Lipinski definition) is 0. The van der Waals surface area contributed by atoms with Crippen molar-refractivity contribution >= 4 is 36.7 Å². The maximum atomic E-state index is 2.17. The summed E-state index contributed by atoms with van der Waals surface area (Å²) in [6, 6.07) is 14.9. The van der Waals surface area contributed by atoms with Gasteiger partial charge in [0.25, 0.3) is 0 Å². The fraction of sp³-hybridized carbons (Fsp3) is 0. The molecule has 0 aromatic heterocycles. The first-order valence-corrected chi connectivity index (χ1v) is 4.82. The number of rotatable bonds is 0. The first-order chi connectivity index (χ1) is 5.38. The Balaban J connectivity index is 2.91. The quantitative estimate of drug-likeness (QED) is 0.624. The number of hydrogen-bond acceptors (Lipinski definition) is 0. The van der Waals surface area contributed by atoms with E-state index < -0.39 is 0 Å². The zero-order chi connectivity index (χ0) is 7.68. The second-order valence-electron chi connectivity index (χ2n) is 2.50. The third-order valence-electron chi connectivity index (χ3n) is 1.77. The van der Waals surface area contributed by atoms with E-state index in [-0.39, 0.29) is 0 Å². The fourth-order valence-electron chi connectivity index (χ4n) is 1.21. The van der Waals surface area contributed by atoms with Gasteiger partial charge in [-0.05, 0) is 0 Å². The molecule has 0 bridgehead atoms. The standard InChI is InChI=1S/C10H8Te/c11-10-7-3-5-8-4-1-2-6-9(8)10/h1-7,11H. The molecule has 54 valence electrons. The first kappa shape index (κ1) is 7.16. The molecule has 2 aromatic rings. The summed E-state index contributed by atoms with van der Waals surface area (Å²) in [7, 11) is 0. The van der Waals surface area contributed by atoms with Gasteiger partial charge in [-0.15, -0.1) is 0 Å². The normalized spacial score (nSPS) is 10.3. The molecule has 0 aliphatic rings. The van der Waals surface area contributed by atoms with E-state index in [0.717, 1.165) is 0 Å². The van der Waals surface area contributed by atoms with Crippen LogP contribution in [0.3, 0.4) is 0 Å². The van der Waals surface area contributed by atoms with Crippen LogP contribution in [0.4, 0.5) is 0 Å². The van der Waals surface area contributed by atoms with Gasteiger partial charge in [0.2, 0.25) is 0 Å². The molecule has 0 N–H and O–H groups in total. The van der Waals surface area contributed by atoms with Crippen LogP contribution in [0.1, 0.15) is 0 Å². The molecular formula is C10H8Te. The SMILES string of the molecule is [TeH]c1cccc2ccccc12. The van der Waals surface area contributed by atoms with Crippen molar-refractivity contribution in [2.45, 2.75) is 0 Å². The van der Waals surface area contributed by atoms with Gasteiger partial charge in [-0.1, -0.05) is 0 Å². The molecule has 0 spiro atoms. The van der Waals surface area contributed by atoms with Crippen LogP contribution in [-0.4, -0.2) is 22.3 Å². The molecule has 0 saturated carbocycles. The topological polar surface area (TPSA) is 0 Å². The minimum atomic E-state index is 1.34. The molecule has 1 heteroatoms. The molecule has 11 heavy (non-hydrogen) atoms. The molecule has 0 unspecified atom stereocenters. The van der Waals surface area contributed by atoms with Crippen molar-refractivity contribution in [3.8, 4) is 0 Å². The van der Waals surface area contributed by atoms with E-state index in [1.54, 1.807) is 22.3 Å². The molecule has 0 atom stereocenters. The van der Waals surface area contributed by atoms with Crippen LogP contribution in [0.5, 0.6) is 0 Å². The van der Waals surface area contributed by atoms with E-state index in [0.29, 0.717) is 0 Å². The van der Waals surface area contributed by atoms with E-state index in [4.69, 9.17) is 0 Å². The van der Waals surface area contributed by atoms with Crippen LogP contribution >= 0.6 is 0 Å². The second-order valence-corrected chi connectivity index (χ2v) is 3.87. The summed E-state index contributed by atoms with van der Waals surface area (Å²) < 4.78 is 1.40. The molecule has 0 aliphatic heterocycles. The van der Waals surface area contributed by atoms with Crippen LogP contribution in [0.2, 0.25) is 0 Å². The van der Waals surface area contributed by atoms with Crippen molar-refractivity contribution in [2.75, 3.05) is 0 Å². The number of fused-ring (bicyclic) bond motifs is 1. The Kier molecular flexibility index (Phi) is 1.85. The van der Waals surface area contributed by atoms with Gasteiger partial charge >= 0.3 is 79.1 Å². The van der Waals surface area contributed by atoms with Gasteiger partial charge in [0.05, 0.1) is 0 Å². The summed E-state index contributed by atoms with van der Waals surface area (Å²) in [5, 5.41) is 2.72. The van der Waals surface area contributed by atoms with E-state index >= 15 is 0 Å². The number of benzene rings is 2. The van der Waals surface area contributed by atoms with Gasteiger partial charge in [-0.25, -0.2) is 0 Å². The molecule has 0 fully saturated rings. The third kappa shape index (κ3) is 1.27. The average Bonchev–Trinajstić information content (AvgIpc) is 2.06. The van der Waals surface area contributed by atoms with Crippen LogP contribution in [-0.2, 0) is 0 Å². The fourth-order valence-corrected chi connectivity index (χ4v) is 2.04. The molecule has 0 amide bonds. The predicted molar refractivity (Wildman–Crippen MR) is 50.7 cm³/mol. The summed E-state index contributed by atoms with van der Waals surface area (Å²) in [5.41, 5.74) is 0. The van der Waals surface area contributed by atoms with Gasteiger partial charge in [-0.2, -0.15) is 0 Å². The van der Waals surface area contributed by atoms with Crippen LogP contribution in [0.15, 0.2) is 42.5 Å². The summed E-state index contributed by atoms with van der Waals surface area (Å²) >= 11 is 1.78. The molecule has 0 radical (unpaired) electrons. The molecule has 0 heterocycles. The Bertz CT molecular complexity index is 374. The average molecular weight is 256 g/mol. The maximum absolute atomic E-state index is 2.17. The molecule has 2 rings (SSSR count). The summed E-state index contributed by atoms with van der Waals surface area (Å²) in [6.45, 7) is 0. The third-order valence-corrected chi connectivity index (χ3v) is 2.88. The molecular weight excluding hydrogens is 248 g/mol. The van der Waals surface area contributed by atoms with Gasteiger partial charge in [-0.3, -0.25) is 0 Å². The Morgan fingerprint density at radius 3 is 2.36 bits per heavy atom. The van der Waals surface area contributed by atoms with Crippen LogP contribution < -0.4 is 3.61 Å². The zero-order valence-electron chi connectivity index (χ0n) is 5.99. The minimum absolute atomic E-state index is 1.34. The zero-order valence-corrected chi connectivity index (χ0v) is 8.54.